The minimum atomic E-state index is -0.433. The number of hydrogen-bond donors (Lipinski definition) is 2. The summed E-state index contributed by atoms with van der Waals surface area (Å²) in [5, 5.41) is 5.31. The zero-order chi connectivity index (χ0) is 14.4. The molecule has 20 heavy (non-hydrogen) atoms. The lowest BCUT2D eigenvalue weighted by Gasteiger charge is -2.19. The SMILES string of the molecule is CCOC(=O)CNC(=O)Nc1cccc2c1CCCC2. The van der Waals surface area contributed by atoms with E-state index in [1.54, 1.807) is 6.92 Å². The first kappa shape index (κ1) is 14.4. The van der Waals surface area contributed by atoms with Crippen molar-refractivity contribution in [2.75, 3.05) is 18.5 Å². The van der Waals surface area contributed by atoms with Gasteiger partial charge in [0, 0.05) is 5.69 Å². The minimum absolute atomic E-state index is 0.116. The van der Waals surface area contributed by atoms with Crippen LogP contribution in [0.5, 0.6) is 0 Å². The predicted molar refractivity (Wildman–Crippen MR) is 76.7 cm³/mol. The van der Waals surface area contributed by atoms with E-state index >= 15 is 0 Å². The molecule has 1 aliphatic carbocycles. The number of fused-ring (bicyclic) bond motifs is 1. The maximum atomic E-state index is 11.8. The van der Waals surface area contributed by atoms with Gasteiger partial charge in [-0.25, -0.2) is 4.79 Å². The molecule has 0 radical (unpaired) electrons. The molecule has 1 aromatic rings. The van der Waals surface area contributed by atoms with Gasteiger partial charge in [-0.1, -0.05) is 12.1 Å². The molecule has 2 amide bonds. The van der Waals surface area contributed by atoms with Gasteiger partial charge >= 0.3 is 12.0 Å². The summed E-state index contributed by atoms with van der Waals surface area (Å²) >= 11 is 0. The molecule has 1 aromatic carbocycles. The molecule has 0 spiro atoms. The number of benzene rings is 1. The second-order valence-electron chi connectivity index (χ2n) is 4.76. The second kappa shape index (κ2) is 6.93. The van der Waals surface area contributed by atoms with Crippen molar-refractivity contribution in [1.29, 1.82) is 0 Å². The van der Waals surface area contributed by atoms with Crippen molar-refractivity contribution in [3.8, 4) is 0 Å². The molecule has 0 aliphatic heterocycles. The summed E-state index contributed by atoms with van der Waals surface area (Å²) < 4.78 is 4.75. The number of carbonyl (C=O) groups excluding carboxylic acids is 2. The number of esters is 1. The summed E-state index contributed by atoms with van der Waals surface area (Å²) in [5.41, 5.74) is 3.35. The van der Waals surface area contributed by atoms with Gasteiger partial charge in [0.05, 0.1) is 6.61 Å². The molecular weight excluding hydrogens is 256 g/mol. The van der Waals surface area contributed by atoms with Crippen molar-refractivity contribution in [3.63, 3.8) is 0 Å². The van der Waals surface area contributed by atoms with E-state index in [1.165, 1.54) is 17.5 Å². The topological polar surface area (TPSA) is 67.4 Å². The highest BCUT2D eigenvalue weighted by molar-refractivity contribution is 5.92. The van der Waals surface area contributed by atoms with Crippen LogP contribution >= 0.6 is 0 Å². The Kier molecular flexibility index (Phi) is 4.98. The van der Waals surface area contributed by atoms with Crippen LogP contribution in [-0.2, 0) is 22.4 Å². The van der Waals surface area contributed by atoms with E-state index in [2.05, 4.69) is 16.7 Å². The molecule has 2 N–H and O–H groups in total. The first-order valence-electron chi connectivity index (χ1n) is 7.02. The smallest absolute Gasteiger partial charge is 0.325 e. The largest absolute Gasteiger partial charge is 0.465 e. The standard InChI is InChI=1S/C15H20N2O3/c1-2-20-14(18)10-16-15(19)17-13-9-5-7-11-6-3-4-8-12(11)13/h5,7,9H,2-4,6,8,10H2,1H3,(H2,16,17,19). The Morgan fingerprint density at radius 2 is 2.05 bits per heavy atom. The summed E-state index contributed by atoms with van der Waals surface area (Å²) in [6.45, 7) is 1.93. The zero-order valence-electron chi connectivity index (χ0n) is 11.7. The van der Waals surface area contributed by atoms with Gasteiger partial charge in [-0.3, -0.25) is 4.79 Å². The van der Waals surface area contributed by atoms with Gasteiger partial charge in [0.1, 0.15) is 6.54 Å². The van der Waals surface area contributed by atoms with Crippen molar-refractivity contribution in [2.45, 2.75) is 32.6 Å². The molecule has 0 unspecified atom stereocenters. The minimum Gasteiger partial charge on any atom is -0.465 e. The van der Waals surface area contributed by atoms with Gasteiger partial charge < -0.3 is 15.4 Å². The summed E-state index contributed by atoms with van der Waals surface area (Å²) in [7, 11) is 0. The second-order valence-corrected chi connectivity index (χ2v) is 4.76. The average Bonchev–Trinajstić information content (AvgIpc) is 2.46. The first-order valence-corrected chi connectivity index (χ1v) is 7.02. The predicted octanol–water partition coefficient (Wildman–Crippen LogP) is 2.25. The van der Waals surface area contributed by atoms with E-state index in [1.807, 2.05) is 12.1 Å². The number of nitrogens with one attached hydrogen (secondary N) is 2. The number of rotatable bonds is 4. The molecule has 0 bridgehead atoms. The monoisotopic (exact) mass is 276 g/mol. The number of anilines is 1. The van der Waals surface area contributed by atoms with Crippen LogP contribution < -0.4 is 10.6 Å². The van der Waals surface area contributed by atoms with E-state index in [4.69, 9.17) is 4.74 Å². The zero-order valence-corrected chi connectivity index (χ0v) is 11.7. The third kappa shape index (κ3) is 3.73. The van der Waals surface area contributed by atoms with Crippen LogP contribution in [-0.4, -0.2) is 25.2 Å². The number of ether oxygens (including phenoxy) is 1. The van der Waals surface area contributed by atoms with Crippen LogP contribution in [0, 0.1) is 0 Å². The Hall–Kier alpha value is -2.04. The molecule has 2 rings (SSSR count). The van der Waals surface area contributed by atoms with Crippen molar-refractivity contribution in [2.24, 2.45) is 0 Å². The highest BCUT2D eigenvalue weighted by atomic mass is 16.5. The fourth-order valence-electron chi connectivity index (χ4n) is 2.43. The van der Waals surface area contributed by atoms with E-state index in [0.717, 1.165) is 24.9 Å². The summed E-state index contributed by atoms with van der Waals surface area (Å²) in [6.07, 6.45) is 4.40. The fourth-order valence-corrected chi connectivity index (χ4v) is 2.43. The average molecular weight is 276 g/mol. The van der Waals surface area contributed by atoms with Crippen LogP contribution in [0.2, 0.25) is 0 Å². The molecule has 0 saturated carbocycles. The van der Waals surface area contributed by atoms with Gasteiger partial charge in [-0.05, 0) is 49.8 Å². The first-order chi connectivity index (χ1) is 9.70. The summed E-state index contributed by atoms with van der Waals surface area (Å²) in [6, 6.07) is 5.58. The number of urea groups is 1. The van der Waals surface area contributed by atoms with E-state index in [-0.39, 0.29) is 12.6 Å². The van der Waals surface area contributed by atoms with Gasteiger partial charge in [-0.2, -0.15) is 0 Å². The van der Waals surface area contributed by atoms with Crippen molar-refractivity contribution < 1.29 is 14.3 Å². The lowest BCUT2D eigenvalue weighted by atomic mass is 9.90. The fraction of sp³-hybridized carbons (Fsp3) is 0.467. The van der Waals surface area contributed by atoms with Crippen LogP contribution in [0.25, 0.3) is 0 Å². The number of aryl methyl sites for hydroxylation is 1. The van der Waals surface area contributed by atoms with Crippen molar-refractivity contribution in [3.05, 3.63) is 29.3 Å². The molecule has 0 heterocycles. The lowest BCUT2D eigenvalue weighted by molar-refractivity contribution is -0.141. The maximum Gasteiger partial charge on any atom is 0.325 e. The molecule has 0 aromatic heterocycles. The Bertz CT molecular complexity index is 500. The van der Waals surface area contributed by atoms with Crippen LogP contribution in [0.3, 0.4) is 0 Å². The van der Waals surface area contributed by atoms with Crippen molar-refractivity contribution in [1.82, 2.24) is 5.32 Å². The van der Waals surface area contributed by atoms with Gasteiger partial charge in [0.15, 0.2) is 0 Å². The summed E-state index contributed by atoms with van der Waals surface area (Å²) in [4.78, 5) is 22.9. The maximum absolute atomic E-state index is 11.8. The molecule has 0 fully saturated rings. The molecule has 0 atom stereocenters. The third-order valence-electron chi connectivity index (χ3n) is 3.34. The number of hydrogen-bond acceptors (Lipinski definition) is 3. The Balaban J connectivity index is 1.93. The number of amides is 2. The van der Waals surface area contributed by atoms with E-state index in [9.17, 15) is 9.59 Å². The molecule has 108 valence electrons. The normalized spacial score (nSPS) is 13.2. The lowest BCUT2D eigenvalue weighted by Crippen LogP contribution is -2.34. The van der Waals surface area contributed by atoms with Crippen molar-refractivity contribution >= 4 is 17.7 Å². The molecule has 5 nitrogen and oxygen atoms in total. The molecule has 1 aliphatic rings. The highest BCUT2D eigenvalue weighted by Gasteiger charge is 2.14. The van der Waals surface area contributed by atoms with Crippen LogP contribution in [0.1, 0.15) is 30.9 Å². The van der Waals surface area contributed by atoms with Gasteiger partial charge in [0.25, 0.3) is 0 Å². The molecular formula is C15H20N2O3. The molecule has 0 saturated heterocycles. The van der Waals surface area contributed by atoms with Gasteiger partial charge in [-0.15, -0.1) is 0 Å². The van der Waals surface area contributed by atoms with E-state index in [0.29, 0.717) is 6.61 Å². The quantitative estimate of drug-likeness (QED) is 0.829. The Morgan fingerprint density at radius 3 is 2.85 bits per heavy atom. The third-order valence-corrected chi connectivity index (χ3v) is 3.34. The Labute approximate surface area is 118 Å². The van der Waals surface area contributed by atoms with E-state index < -0.39 is 5.97 Å². The summed E-state index contributed by atoms with van der Waals surface area (Å²) in [5.74, 6) is -0.433. The van der Waals surface area contributed by atoms with Crippen LogP contribution in [0.4, 0.5) is 10.5 Å². The molecule has 5 heteroatoms. The highest BCUT2D eigenvalue weighted by Crippen LogP contribution is 2.27. The number of carbonyl (C=O) groups is 2. The Morgan fingerprint density at radius 1 is 1.25 bits per heavy atom. The van der Waals surface area contributed by atoms with Crippen LogP contribution in [0.15, 0.2) is 18.2 Å². The van der Waals surface area contributed by atoms with Gasteiger partial charge in [0.2, 0.25) is 0 Å².